The van der Waals surface area contributed by atoms with E-state index in [0.29, 0.717) is 11.5 Å². The fourth-order valence-corrected chi connectivity index (χ4v) is 1.38. The normalized spacial score (nSPS) is 16.6. The first kappa shape index (κ1) is 14.7. The first-order chi connectivity index (χ1) is 9.19. The van der Waals surface area contributed by atoms with Crippen molar-refractivity contribution >= 4 is 12.0 Å². The van der Waals surface area contributed by atoms with Crippen molar-refractivity contribution in [2.45, 2.75) is 6.04 Å². The quantitative estimate of drug-likeness (QED) is 0.558. The van der Waals surface area contributed by atoms with Gasteiger partial charge in [-0.25, -0.2) is 4.39 Å². The number of allylic oxidation sites excluding steroid dienone is 1. The molecule has 19 heavy (non-hydrogen) atoms. The number of hydrogen-bond acceptors (Lipinski definition) is 5. The van der Waals surface area contributed by atoms with E-state index in [1.807, 2.05) is 0 Å². The van der Waals surface area contributed by atoms with Crippen LogP contribution < -0.4 is 21.5 Å². The smallest absolute Gasteiger partial charge is 0.149 e. The lowest BCUT2D eigenvalue weighted by molar-refractivity contribution is -0.108. The number of halogens is 1. The fourth-order valence-electron chi connectivity index (χ4n) is 1.38. The molecule has 1 aromatic carbocycles. The van der Waals surface area contributed by atoms with Crippen LogP contribution in [0, 0.1) is 5.82 Å². The zero-order valence-corrected chi connectivity index (χ0v) is 10.5. The van der Waals surface area contributed by atoms with Crippen LogP contribution in [0.25, 0.3) is 0 Å². The van der Waals surface area contributed by atoms with E-state index in [1.54, 1.807) is 24.4 Å². The Labute approximate surface area is 110 Å². The maximum absolute atomic E-state index is 13.2. The summed E-state index contributed by atoms with van der Waals surface area (Å²) in [6, 6.07) is 3.76. The van der Waals surface area contributed by atoms with E-state index < -0.39 is 11.9 Å². The molecule has 5 N–H and O–H groups in total. The highest BCUT2D eigenvalue weighted by molar-refractivity contribution is 5.62. The van der Waals surface area contributed by atoms with Crippen LogP contribution >= 0.6 is 0 Å². The summed E-state index contributed by atoms with van der Waals surface area (Å²) in [6.45, 7) is 0. The van der Waals surface area contributed by atoms with E-state index in [9.17, 15) is 9.18 Å². The highest BCUT2D eigenvalue weighted by atomic mass is 19.1. The van der Waals surface area contributed by atoms with Crippen molar-refractivity contribution in [1.82, 2.24) is 5.32 Å². The predicted octanol–water partition coefficient (Wildman–Crippen LogP) is 0.930. The number of nitrogen functional groups attached to an aromatic ring is 1. The van der Waals surface area contributed by atoms with Crippen LogP contribution in [-0.4, -0.2) is 19.4 Å². The van der Waals surface area contributed by atoms with Crippen molar-refractivity contribution < 1.29 is 13.9 Å². The number of ether oxygens (including phenoxy) is 1. The molecule has 0 saturated carbocycles. The Kier molecular flexibility index (Phi) is 5.56. The number of benzene rings is 1. The Bertz CT molecular complexity index is 501. The minimum Gasteiger partial charge on any atom is -0.457 e. The van der Waals surface area contributed by atoms with E-state index >= 15 is 0 Å². The first-order valence-corrected chi connectivity index (χ1v) is 5.59. The van der Waals surface area contributed by atoms with Gasteiger partial charge in [0, 0.05) is 12.3 Å². The molecule has 102 valence electrons. The first-order valence-electron chi connectivity index (χ1n) is 5.59. The lowest BCUT2D eigenvalue weighted by Crippen LogP contribution is -2.26. The Morgan fingerprint density at radius 1 is 1.42 bits per heavy atom. The average Bonchev–Trinajstić information content (AvgIpc) is 2.45. The third-order valence-corrected chi connectivity index (χ3v) is 2.23. The number of rotatable bonds is 3. The zero-order valence-electron chi connectivity index (χ0n) is 10.5. The van der Waals surface area contributed by atoms with Gasteiger partial charge in [0.05, 0.1) is 5.69 Å². The van der Waals surface area contributed by atoms with Crippen molar-refractivity contribution in [3.8, 4) is 5.75 Å². The van der Waals surface area contributed by atoms with Gasteiger partial charge in [-0.2, -0.15) is 0 Å². The van der Waals surface area contributed by atoms with Gasteiger partial charge in [0.1, 0.15) is 29.7 Å². The molecule has 1 aliphatic heterocycles. The van der Waals surface area contributed by atoms with Gasteiger partial charge in [-0.3, -0.25) is 0 Å². The predicted molar refractivity (Wildman–Crippen MR) is 71.8 cm³/mol. The summed E-state index contributed by atoms with van der Waals surface area (Å²) in [5, 5.41) is 2.81. The Hall–Kier alpha value is -2.34. The molecule has 0 fully saturated rings. The molecule has 0 saturated heterocycles. The van der Waals surface area contributed by atoms with E-state index in [2.05, 4.69) is 11.1 Å². The van der Waals surface area contributed by atoms with Crippen molar-refractivity contribution in [3.63, 3.8) is 0 Å². The molecule has 0 radical (unpaired) electrons. The second-order valence-corrected chi connectivity index (χ2v) is 3.52. The second-order valence-electron chi connectivity index (χ2n) is 3.52. The molecule has 1 atom stereocenters. The summed E-state index contributed by atoms with van der Waals surface area (Å²) in [7, 11) is 1.50. The highest BCUT2D eigenvalue weighted by Crippen LogP contribution is 2.20. The van der Waals surface area contributed by atoms with Crippen LogP contribution in [0.4, 0.5) is 10.1 Å². The molecule has 1 heterocycles. The number of carbonyl (C=O) groups excluding carboxylic acids is 1. The number of aldehydes is 1. The Morgan fingerprint density at radius 2 is 2.16 bits per heavy atom. The van der Waals surface area contributed by atoms with E-state index in [0.717, 1.165) is 6.29 Å². The Balaban J connectivity index is 0.000000861. The van der Waals surface area contributed by atoms with Gasteiger partial charge in [-0.05, 0) is 31.3 Å². The lowest BCUT2D eigenvalue weighted by Gasteiger charge is -2.14. The minimum absolute atomic E-state index is 0.0675. The molecular formula is C13H16FN3O2. The van der Waals surface area contributed by atoms with Crippen LogP contribution in [0.3, 0.4) is 0 Å². The topological polar surface area (TPSA) is 90.4 Å². The minimum atomic E-state index is -0.534. The van der Waals surface area contributed by atoms with Gasteiger partial charge in [0.2, 0.25) is 0 Å². The summed E-state index contributed by atoms with van der Waals surface area (Å²) in [5.41, 5.74) is 9.92. The number of hydrogen-bond donors (Lipinski definition) is 3. The van der Waals surface area contributed by atoms with Gasteiger partial charge in [0.25, 0.3) is 0 Å². The van der Waals surface area contributed by atoms with Crippen molar-refractivity contribution in [1.29, 1.82) is 0 Å². The summed E-state index contributed by atoms with van der Waals surface area (Å²) >= 11 is 0. The molecule has 0 aliphatic carbocycles. The molecule has 0 aromatic heterocycles. The summed E-state index contributed by atoms with van der Waals surface area (Å²) in [6.07, 6.45) is 5.59. The number of carbonyl (C=O) groups is 1. The molecule has 1 aromatic rings. The van der Waals surface area contributed by atoms with Crippen molar-refractivity contribution in [2.24, 2.45) is 5.73 Å². The molecule has 1 unspecified atom stereocenters. The summed E-state index contributed by atoms with van der Waals surface area (Å²) < 4.78 is 18.6. The third-order valence-electron chi connectivity index (χ3n) is 2.23. The highest BCUT2D eigenvalue weighted by Gasteiger charge is 2.09. The summed E-state index contributed by atoms with van der Waals surface area (Å²) in [5.74, 6) is 0.275. The molecule has 0 spiro atoms. The number of nitrogens with one attached hydrogen (secondary N) is 1. The van der Waals surface area contributed by atoms with E-state index in [-0.39, 0.29) is 5.69 Å². The second kappa shape index (κ2) is 7.17. The summed E-state index contributed by atoms with van der Waals surface area (Å²) in [4.78, 5) is 10.6. The molecule has 0 amide bonds. The van der Waals surface area contributed by atoms with Crippen molar-refractivity contribution in [3.05, 3.63) is 48.1 Å². The van der Waals surface area contributed by atoms with E-state index in [4.69, 9.17) is 10.5 Å². The van der Waals surface area contributed by atoms with Crippen LogP contribution in [0.5, 0.6) is 5.75 Å². The van der Waals surface area contributed by atoms with Crippen LogP contribution in [0.15, 0.2) is 42.3 Å². The molecule has 1 aliphatic rings. The number of dihydropyridines is 1. The van der Waals surface area contributed by atoms with Crippen LogP contribution in [-0.2, 0) is 4.79 Å². The lowest BCUT2D eigenvalue weighted by atomic mass is 10.2. The average molecular weight is 265 g/mol. The Morgan fingerprint density at radius 3 is 2.79 bits per heavy atom. The number of nitrogens with two attached hydrogens (primary N) is 2. The van der Waals surface area contributed by atoms with Crippen LogP contribution in [0.2, 0.25) is 0 Å². The zero-order chi connectivity index (χ0) is 14.3. The van der Waals surface area contributed by atoms with Gasteiger partial charge in [-0.15, -0.1) is 0 Å². The number of anilines is 1. The SMILES string of the molecule is CN.Nc1ccc(OC2=CC(C=O)NC=C2)cc1F. The monoisotopic (exact) mass is 265 g/mol. The molecule has 2 rings (SSSR count). The molecule has 6 heteroatoms. The van der Waals surface area contributed by atoms with Crippen LogP contribution in [0.1, 0.15) is 0 Å². The molecule has 0 bridgehead atoms. The standard InChI is InChI=1S/C12H11FN2O2.CH5N/c13-11-6-9(1-2-12(11)14)17-10-3-4-15-8(5-10)7-16;1-2/h1-8,15H,14H2;2H2,1H3. The van der Waals surface area contributed by atoms with E-state index in [1.165, 1.54) is 19.2 Å². The largest absolute Gasteiger partial charge is 0.457 e. The third kappa shape index (κ3) is 4.11. The van der Waals surface area contributed by atoms with Gasteiger partial charge in [0.15, 0.2) is 0 Å². The fraction of sp³-hybridized carbons (Fsp3) is 0.154. The van der Waals surface area contributed by atoms with Gasteiger partial charge >= 0.3 is 0 Å². The van der Waals surface area contributed by atoms with Crippen molar-refractivity contribution in [2.75, 3.05) is 12.8 Å². The maximum Gasteiger partial charge on any atom is 0.149 e. The maximum atomic E-state index is 13.2. The van der Waals surface area contributed by atoms with Gasteiger partial charge < -0.3 is 26.3 Å². The molecular weight excluding hydrogens is 249 g/mol. The van der Waals surface area contributed by atoms with Gasteiger partial charge in [-0.1, -0.05) is 0 Å². The molecule has 5 nitrogen and oxygen atoms in total.